The van der Waals surface area contributed by atoms with Gasteiger partial charge >= 0.3 is 0 Å². The Bertz CT molecular complexity index is 1350. The quantitative estimate of drug-likeness (QED) is 0.379. The van der Waals surface area contributed by atoms with Crippen molar-refractivity contribution in [1.82, 2.24) is 14.2 Å². The number of hydrogen-bond donors (Lipinski definition) is 0. The molecule has 2 fully saturated rings. The third-order valence-electron chi connectivity index (χ3n) is 6.55. The fraction of sp³-hybridized carbons (Fsp3) is 0.391. The summed E-state index contributed by atoms with van der Waals surface area (Å²) in [5.41, 5.74) is 0.759. The highest BCUT2D eigenvalue weighted by Crippen LogP contribution is 2.32. The first kappa shape index (κ1) is 23.6. The van der Waals surface area contributed by atoms with Crippen molar-refractivity contribution < 1.29 is 18.1 Å². The topological polar surface area (TPSA) is 117 Å². The molecule has 1 amide bonds. The first-order valence-corrected chi connectivity index (χ1v) is 13.7. The molecular weight excluding hydrogens is 490 g/mol. The van der Waals surface area contributed by atoms with Gasteiger partial charge in [0.25, 0.3) is 5.69 Å². The van der Waals surface area contributed by atoms with Gasteiger partial charge in [-0.2, -0.15) is 4.31 Å². The number of thiazole rings is 1. The van der Waals surface area contributed by atoms with E-state index in [4.69, 9.17) is 0 Å². The van der Waals surface area contributed by atoms with Gasteiger partial charge in [0.1, 0.15) is 0 Å². The van der Waals surface area contributed by atoms with Gasteiger partial charge in [-0.1, -0.05) is 29.5 Å². The molecule has 2 aromatic carbocycles. The van der Waals surface area contributed by atoms with E-state index in [0.29, 0.717) is 45.6 Å². The molecule has 0 saturated carbocycles. The Morgan fingerprint density at radius 2 is 1.80 bits per heavy atom. The van der Waals surface area contributed by atoms with Gasteiger partial charge in [-0.05, 0) is 31.0 Å². The largest absolute Gasteiger partial charge is 0.345 e. The molecule has 1 atom stereocenters. The van der Waals surface area contributed by atoms with Crippen LogP contribution in [0.2, 0.25) is 0 Å². The number of piperidine rings is 1. The van der Waals surface area contributed by atoms with Crippen LogP contribution in [-0.2, 0) is 14.8 Å². The maximum Gasteiger partial charge on any atom is 0.270 e. The monoisotopic (exact) mass is 515 g/mol. The summed E-state index contributed by atoms with van der Waals surface area (Å²) in [5.74, 6) is -0.352. The number of amides is 1. The standard InChI is InChI=1S/C23H25N5O5S2/c29-22(17-5-4-10-27(16-17)35(32,33)19-6-2-1-3-7-19)25-11-13-26(14-12-25)23-24-20-9-8-18(28(30)31)15-21(20)34-23/h1-3,6-9,15,17H,4-5,10-14,16H2. The van der Waals surface area contributed by atoms with Gasteiger partial charge in [0.2, 0.25) is 15.9 Å². The Kier molecular flexibility index (Phi) is 6.43. The van der Waals surface area contributed by atoms with Gasteiger partial charge in [0.05, 0.1) is 26.0 Å². The number of carbonyl (C=O) groups excluding carboxylic acids is 1. The van der Waals surface area contributed by atoms with Gasteiger partial charge in [-0.3, -0.25) is 14.9 Å². The molecule has 35 heavy (non-hydrogen) atoms. The lowest BCUT2D eigenvalue weighted by molar-refractivity contribution is -0.384. The molecule has 2 saturated heterocycles. The van der Waals surface area contributed by atoms with Crippen LogP contribution in [0, 0.1) is 16.0 Å². The van der Waals surface area contributed by atoms with Crippen molar-refractivity contribution in [3.8, 4) is 0 Å². The Hall–Kier alpha value is -3.09. The van der Waals surface area contributed by atoms with Crippen molar-refractivity contribution in [1.29, 1.82) is 0 Å². The summed E-state index contributed by atoms with van der Waals surface area (Å²) in [5, 5.41) is 11.8. The number of hydrogen-bond acceptors (Lipinski definition) is 8. The van der Waals surface area contributed by atoms with Crippen LogP contribution in [0.5, 0.6) is 0 Å². The van der Waals surface area contributed by atoms with Crippen LogP contribution >= 0.6 is 11.3 Å². The number of rotatable bonds is 5. The molecule has 3 aromatic rings. The summed E-state index contributed by atoms with van der Waals surface area (Å²) in [6, 6.07) is 13.0. The molecule has 0 N–H and O–H groups in total. The Morgan fingerprint density at radius 3 is 2.51 bits per heavy atom. The normalized spacial score (nSPS) is 19.7. The molecule has 0 radical (unpaired) electrons. The highest BCUT2D eigenvalue weighted by atomic mass is 32.2. The summed E-state index contributed by atoms with van der Waals surface area (Å²) in [4.78, 5) is 32.6. The van der Waals surface area contributed by atoms with Crippen molar-refractivity contribution in [2.75, 3.05) is 44.2 Å². The van der Waals surface area contributed by atoms with E-state index in [2.05, 4.69) is 9.88 Å². The van der Waals surface area contributed by atoms with Crippen LogP contribution in [0.25, 0.3) is 10.2 Å². The van der Waals surface area contributed by atoms with Crippen molar-refractivity contribution in [2.45, 2.75) is 17.7 Å². The van der Waals surface area contributed by atoms with E-state index in [-0.39, 0.29) is 29.0 Å². The minimum Gasteiger partial charge on any atom is -0.345 e. The Balaban J connectivity index is 1.22. The second kappa shape index (κ2) is 9.51. The number of fused-ring (bicyclic) bond motifs is 1. The van der Waals surface area contributed by atoms with Crippen LogP contribution < -0.4 is 4.90 Å². The number of anilines is 1. The molecule has 0 spiro atoms. The number of sulfonamides is 1. The first-order chi connectivity index (χ1) is 16.8. The number of carbonyl (C=O) groups is 1. The highest BCUT2D eigenvalue weighted by molar-refractivity contribution is 7.89. The van der Waals surface area contributed by atoms with Crippen LogP contribution in [0.4, 0.5) is 10.8 Å². The molecule has 1 aromatic heterocycles. The molecule has 0 aliphatic carbocycles. The molecule has 5 rings (SSSR count). The van der Waals surface area contributed by atoms with Crippen molar-refractivity contribution >= 4 is 48.3 Å². The SMILES string of the molecule is O=C(C1CCCN(S(=O)(=O)c2ccccc2)C1)N1CCN(c2nc3ccc([N+](=O)[O-])cc3s2)CC1. The number of non-ortho nitro benzene ring substituents is 1. The van der Waals surface area contributed by atoms with Crippen molar-refractivity contribution in [3.05, 3.63) is 58.6 Å². The van der Waals surface area contributed by atoms with Gasteiger partial charge < -0.3 is 9.80 Å². The fourth-order valence-corrected chi connectivity index (χ4v) is 7.23. The lowest BCUT2D eigenvalue weighted by Gasteiger charge is -2.38. The van der Waals surface area contributed by atoms with Crippen molar-refractivity contribution in [3.63, 3.8) is 0 Å². The molecule has 12 heteroatoms. The van der Waals surface area contributed by atoms with Gasteiger partial charge in [-0.25, -0.2) is 13.4 Å². The van der Waals surface area contributed by atoms with Gasteiger partial charge in [0, 0.05) is 51.4 Å². The third kappa shape index (κ3) is 4.73. The zero-order valence-corrected chi connectivity index (χ0v) is 20.6. The Labute approximate surface area is 207 Å². The Morgan fingerprint density at radius 1 is 1.06 bits per heavy atom. The predicted octanol–water partition coefficient (Wildman–Crippen LogP) is 2.95. The number of nitro groups is 1. The fourth-order valence-electron chi connectivity index (χ4n) is 4.63. The summed E-state index contributed by atoms with van der Waals surface area (Å²) >= 11 is 1.41. The molecule has 1 unspecified atom stereocenters. The average molecular weight is 516 g/mol. The summed E-state index contributed by atoms with van der Waals surface area (Å²) in [7, 11) is -3.62. The number of nitrogens with zero attached hydrogens (tertiary/aromatic N) is 5. The van der Waals surface area contributed by atoms with Crippen LogP contribution in [0.3, 0.4) is 0 Å². The number of benzene rings is 2. The molecule has 2 aliphatic rings. The van der Waals surface area contributed by atoms with E-state index in [1.165, 1.54) is 27.8 Å². The van der Waals surface area contributed by atoms with Gasteiger partial charge in [0.15, 0.2) is 5.13 Å². The van der Waals surface area contributed by atoms with E-state index in [9.17, 15) is 23.3 Å². The molecule has 184 valence electrons. The summed E-state index contributed by atoms with van der Waals surface area (Å²) in [6.45, 7) is 2.88. The van der Waals surface area contributed by atoms with E-state index < -0.39 is 14.9 Å². The van der Waals surface area contributed by atoms with E-state index >= 15 is 0 Å². The molecule has 3 heterocycles. The third-order valence-corrected chi connectivity index (χ3v) is 9.51. The summed E-state index contributed by atoms with van der Waals surface area (Å²) < 4.78 is 28.2. The second-order valence-corrected chi connectivity index (χ2v) is 11.7. The van der Waals surface area contributed by atoms with Crippen LogP contribution in [-0.4, -0.2) is 72.7 Å². The van der Waals surface area contributed by atoms with Crippen LogP contribution in [0.1, 0.15) is 12.8 Å². The number of nitro benzene ring substituents is 1. The minimum absolute atomic E-state index is 0.00228. The smallest absolute Gasteiger partial charge is 0.270 e. The van der Waals surface area contributed by atoms with Gasteiger partial charge in [-0.15, -0.1) is 0 Å². The van der Waals surface area contributed by atoms with E-state index in [0.717, 1.165) is 15.3 Å². The number of aromatic nitrogens is 1. The molecule has 2 aliphatic heterocycles. The average Bonchev–Trinajstić information content (AvgIpc) is 3.32. The van der Waals surface area contributed by atoms with Crippen LogP contribution in [0.15, 0.2) is 53.4 Å². The zero-order valence-electron chi connectivity index (χ0n) is 18.9. The second-order valence-electron chi connectivity index (χ2n) is 8.73. The number of piperazine rings is 1. The van der Waals surface area contributed by atoms with E-state index in [1.807, 2.05) is 4.90 Å². The molecule has 0 bridgehead atoms. The minimum atomic E-state index is -3.62. The summed E-state index contributed by atoms with van der Waals surface area (Å²) in [6.07, 6.45) is 1.33. The lowest BCUT2D eigenvalue weighted by atomic mass is 9.98. The lowest BCUT2D eigenvalue weighted by Crippen LogP contribution is -2.53. The predicted molar refractivity (Wildman–Crippen MR) is 133 cm³/mol. The maximum absolute atomic E-state index is 13.3. The molecular formula is C23H25N5O5S2. The molecule has 10 nitrogen and oxygen atoms in total. The van der Waals surface area contributed by atoms with Crippen molar-refractivity contribution in [2.24, 2.45) is 5.92 Å². The first-order valence-electron chi connectivity index (χ1n) is 11.5. The maximum atomic E-state index is 13.3. The highest BCUT2D eigenvalue weighted by Gasteiger charge is 2.36. The zero-order chi connectivity index (χ0) is 24.6. The van der Waals surface area contributed by atoms with E-state index in [1.54, 1.807) is 36.4 Å².